The molecule has 1 saturated heterocycles. The standard InChI is InChI=1S/C14H18O3.C8H9BrO/c1-11-5-6-12(13(8-11)9-15)10-17-14-4-2-3-7-16-14;1-6-2-3-7(5-10)8(9)4-6/h5-6,8-9,14H,2-4,7,10H2,1H3;2-4,10H,5H2,1H3. The first kappa shape index (κ1) is 21.8. The van der Waals surface area contributed by atoms with Gasteiger partial charge in [0, 0.05) is 16.6 Å². The van der Waals surface area contributed by atoms with Gasteiger partial charge in [0.15, 0.2) is 6.29 Å². The van der Waals surface area contributed by atoms with Crippen molar-refractivity contribution in [2.75, 3.05) is 6.61 Å². The number of aliphatic hydroxyl groups excluding tert-OH is 1. The zero-order valence-electron chi connectivity index (χ0n) is 15.9. The van der Waals surface area contributed by atoms with Crippen LogP contribution in [0.15, 0.2) is 40.9 Å². The Labute approximate surface area is 169 Å². The average molecular weight is 435 g/mol. The molecule has 2 aromatic carbocycles. The molecule has 3 rings (SSSR count). The Kier molecular flexibility index (Phi) is 9.15. The summed E-state index contributed by atoms with van der Waals surface area (Å²) in [5.41, 5.74) is 4.86. The van der Waals surface area contributed by atoms with Crippen molar-refractivity contribution >= 4 is 22.2 Å². The number of benzene rings is 2. The van der Waals surface area contributed by atoms with Crippen molar-refractivity contribution in [2.45, 2.75) is 52.6 Å². The fourth-order valence-electron chi connectivity index (χ4n) is 2.76. The average Bonchev–Trinajstić information content (AvgIpc) is 2.68. The smallest absolute Gasteiger partial charge is 0.158 e. The van der Waals surface area contributed by atoms with Crippen LogP contribution in [0.1, 0.15) is 51.9 Å². The molecule has 0 amide bonds. The topological polar surface area (TPSA) is 55.8 Å². The Morgan fingerprint density at radius 3 is 2.44 bits per heavy atom. The highest BCUT2D eigenvalue weighted by atomic mass is 79.9. The lowest BCUT2D eigenvalue weighted by atomic mass is 10.1. The molecule has 1 aliphatic rings. The highest BCUT2D eigenvalue weighted by molar-refractivity contribution is 9.10. The van der Waals surface area contributed by atoms with Gasteiger partial charge in [-0.3, -0.25) is 4.79 Å². The van der Waals surface area contributed by atoms with Crippen LogP contribution in [0.5, 0.6) is 0 Å². The second-order valence-corrected chi connectivity index (χ2v) is 7.53. The van der Waals surface area contributed by atoms with E-state index < -0.39 is 0 Å². The van der Waals surface area contributed by atoms with E-state index in [1.807, 2.05) is 50.2 Å². The summed E-state index contributed by atoms with van der Waals surface area (Å²) in [6.07, 6.45) is 3.99. The molecule has 0 saturated carbocycles. The first-order chi connectivity index (χ1) is 13.0. The van der Waals surface area contributed by atoms with Gasteiger partial charge in [-0.15, -0.1) is 0 Å². The summed E-state index contributed by atoms with van der Waals surface area (Å²) >= 11 is 3.35. The van der Waals surface area contributed by atoms with Crippen molar-refractivity contribution in [3.8, 4) is 0 Å². The molecule has 1 atom stereocenters. The second-order valence-electron chi connectivity index (χ2n) is 6.68. The summed E-state index contributed by atoms with van der Waals surface area (Å²) in [7, 11) is 0. The zero-order chi connectivity index (χ0) is 19.6. The quantitative estimate of drug-likeness (QED) is 0.664. The summed E-state index contributed by atoms with van der Waals surface area (Å²) in [6.45, 7) is 5.31. The molecule has 0 bridgehead atoms. The Morgan fingerprint density at radius 1 is 1.15 bits per heavy atom. The second kappa shape index (κ2) is 11.3. The predicted octanol–water partition coefficient (Wildman–Crippen LogP) is 5.10. The molecule has 0 spiro atoms. The third-order valence-corrected chi connectivity index (χ3v) is 5.11. The van der Waals surface area contributed by atoms with Crippen LogP contribution in [0.4, 0.5) is 0 Å². The van der Waals surface area contributed by atoms with E-state index in [9.17, 15) is 4.79 Å². The molecule has 1 fully saturated rings. The number of ether oxygens (including phenoxy) is 2. The van der Waals surface area contributed by atoms with Crippen molar-refractivity contribution in [2.24, 2.45) is 0 Å². The van der Waals surface area contributed by atoms with Gasteiger partial charge in [0.25, 0.3) is 0 Å². The maximum atomic E-state index is 10.9. The number of carbonyl (C=O) groups is 1. The number of aliphatic hydroxyl groups is 1. The number of hydrogen-bond donors (Lipinski definition) is 1. The molecule has 1 N–H and O–H groups in total. The molecule has 0 aliphatic carbocycles. The van der Waals surface area contributed by atoms with Crippen LogP contribution in [-0.4, -0.2) is 24.3 Å². The summed E-state index contributed by atoms with van der Waals surface area (Å²) in [5, 5.41) is 8.78. The van der Waals surface area contributed by atoms with E-state index in [0.717, 1.165) is 53.3 Å². The van der Waals surface area contributed by atoms with Crippen molar-refractivity contribution < 1.29 is 19.4 Å². The van der Waals surface area contributed by atoms with Gasteiger partial charge in [-0.25, -0.2) is 0 Å². The summed E-state index contributed by atoms with van der Waals surface area (Å²) in [6, 6.07) is 11.7. The highest BCUT2D eigenvalue weighted by Crippen LogP contribution is 2.18. The third-order valence-electron chi connectivity index (χ3n) is 4.37. The number of aldehydes is 1. The summed E-state index contributed by atoms with van der Waals surface area (Å²) in [4.78, 5) is 10.9. The SMILES string of the molecule is Cc1ccc(CO)c(Br)c1.Cc1ccc(COC2CCCCO2)c(C=O)c1. The van der Waals surface area contributed by atoms with Crippen molar-refractivity contribution in [3.63, 3.8) is 0 Å². The molecular formula is C22H27BrO4. The molecule has 1 unspecified atom stereocenters. The molecule has 5 heteroatoms. The molecule has 1 aliphatic heterocycles. The third kappa shape index (κ3) is 7.18. The van der Waals surface area contributed by atoms with Crippen molar-refractivity contribution in [3.05, 3.63) is 68.7 Å². The molecule has 146 valence electrons. The fraction of sp³-hybridized carbons (Fsp3) is 0.409. The number of carbonyl (C=O) groups excluding carboxylic acids is 1. The molecular weight excluding hydrogens is 408 g/mol. The van der Waals surface area contributed by atoms with Gasteiger partial charge in [0.1, 0.15) is 6.29 Å². The van der Waals surface area contributed by atoms with E-state index in [-0.39, 0.29) is 12.9 Å². The van der Waals surface area contributed by atoms with Gasteiger partial charge in [0.2, 0.25) is 0 Å². The van der Waals surface area contributed by atoms with Crippen LogP contribution in [-0.2, 0) is 22.7 Å². The van der Waals surface area contributed by atoms with Gasteiger partial charge >= 0.3 is 0 Å². The maximum Gasteiger partial charge on any atom is 0.158 e. The van der Waals surface area contributed by atoms with Crippen molar-refractivity contribution in [1.29, 1.82) is 0 Å². The van der Waals surface area contributed by atoms with E-state index in [0.29, 0.717) is 12.2 Å². The number of hydrogen-bond acceptors (Lipinski definition) is 4. The van der Waals surface area contributed by atoms with E-state index in [1.54, 1.807) is 0 Å². The number of halogens is 1. The molecule has 0 radical (unpaired) electrons. The lowest BCUT2D eigenvalue weighted by Crippen LogP contribution is -2.22. The van der Waals surface area contributed by atoms with Crippen LogP contribution in [0.25, 0.3) is 0 Å². The first-order valence-electron chi connectivity index (χ1n) is 9.17. The Morgan fingerprint density at radius 2 is 1.85 bits per heavy atom. The Balaban J connectivity index is 0.000000223. The van der Waals surface area contributed by atoms with Crippen LogP contribution in [0, 0.1) is 13.8 Å². The lowest BCUT2D eigenvalue weighted by molar-refractivity contribution is -0.168. The molecule has 1 heterocycles. The maximum absolute atomic E-state index is 10.9. The highest BCUT2D eigenvalue weighted by Gasteiger charge is 2.14. The van der Waals surface area contributed by atoms with Crippen LogP contribution >= 0.6 is 15.9 Å². The van der Waals surface area contributed by atoms with Gasteiger partial charge < -0.3 is 14.6 Å². The summed E-state index contributed by atoms with van der Waals surface area (Å²) in [5.74, 6) is 0. The largest absolute Gasteiger partial charge is 0.392 e. The van der Waals surface area contributed by atoms with Gasteiger partial charge in [-0.1, -0.05) is 45.8 Å². The summed E-state index contributed by atoms with van der Waals surface area (Å²) < 4.78 is 12.1. The van der Waals surface area contributed by atoms with Gasteiger partial charge in [-0.05, 0) is 61.9 Å². The van der Waals surface area contributed by atoms with Crippen LogP contribution in [0.2, 0.25) is 0 Å². The van der Waals surface area contributed by atoms with Crippen molar-refractivity contribution in [1.82, 2.24) is 0 Å². The predicted molar refractivity (Wildman–Crippen MR) is 110 cm³/mol. The number of aryl methyl sites for hydroxylation is 2. The van der Waals surface area contributed by atoms with E-state index >= 15 is 0 Å². The van der Waals surface area contributed by atoms with Gasteiger partial charge in [-0.2, -0.15) is 0 Å². The molecule has 27 heavy (non-hydrogen) atoms. The first-order valence-corrected chi connectivity index (χ1v) is 9.96. The minimum absolute atomic E-state index is 0.0981. The van der Waals surface area contributed by atoms with E-state index in [2.05, 4.69) is 15.9 Å². The molecule has 2 aromatic rings. The Hall–Kier alpha value is -1.53. The zero-order valence-corrected chi connectivity index (χ0v) is 17.5. The molecule has 0 aromatic heterocycles. The minimum Gasteiger partial charge on any atom is -0.392 e. The molecule has 4 nitrogen and oxygen atoms in total. The lowest BCUT2D eigenvalue weighted by Gasteiger charge is -2.23. The van der Waals surface area contributed by atoms with Gasteiger partial charge in [0.05, 0.1) is 13.2 Å². The van der Waals surface area contributed by atoms with E-state index in [4.69, 9.17) is 14.6 Å². The monoisotopic (exact) mass is 434 g/mol. The van der Waals surface area contributed by atoms with Crippen LogP contribution < -0.4 is 0 Å². The van der Waals surface area contributed by atoms with Crippen LogP contribution in [0.3, 0.4) is 0 Å². The fourth-order valence-corrected chi connectivity index (χ4v) is 3.38. The Bertz CT molecular complexity index is 739. The van der Waals surface area contributed by atoms with E-state index in [1.165, 1.54) is 5.56 Å². The number of rotatable bonds is 5. The normalized spacial score (nSPS) is 16.4. The minimum atomic E-state index is -0.107.